The molecule has 2 saturated heterocycles. The van der Waals surface area contributed by atoms with Gasteiger partial charge in [-0.15, -0.1) is 0 Å². The monoisotopic (exact) mass is 354 g/mol. The second-order valence-electron chi connectivity index (χ2n) is 7.44. The molecule has 5 nitrogen and oxygen atoms in total. The molecule has 3 heterocycles. The van der Waals surface area contributed by atoms with Gasteiger partial charge in [0.2, 0.25) is 0 Å². The molecule has 0 radical (unpaired) electrons. The van der Waals surface area contributed by atoms with Gasteiger partial charge >= 0.3 is 0 Å². The fourth-order valence-corrected chi connectivity index (χ4v) is 4.15. The molecule has 2 aromatic rings. The minimum atomic E-state index is 0.117. The molecule has 138 valence electrons. The van der Waals surface area contributed by atoms with E-state index in [2.05, 4.69) is 28.1 Å². The number of fused-ring (bicyclic) bond motifs is 1. The van der Waals surface area contributed by atoms with Crippen LogP contribution < -0.4 is 4.74 Å². The first-order valence-electron chi connectivity index (χ1n) is 9.17. The first kappa shape index (κ1) is 17.5. The van der Waals surface area contributed by atoms with Gasteiger partial charge < -0.3 is 14.2 Å². The van der Waals surface area contributed by atoms with E-state index >= 15 is 0 Å². The van der Waals surface area contributed by atoms with Crippen LogP contribution in [0.2, 0.25) is 0 Å². The maximum absolute atomic E-state index is 6.09. The zero-order valence-electron chi connectivity index (χ0n) is 15.3. The summed E-state index contributed by atoms with van der Waals surface area (Å²) in [5, 5.41) is 0. The molecule has 0 aliphatic carbocycles. The van der Waals surface area contributed by atoms with Crippen LogP contribution in [0.3, 0.4) is 0 Å². The highest BCUT2D eigenvalue weighted by Gasteiger charge is 2.50. The van der Waals surface area contributed by atoms with E-state index in [9.17, 15) is 0 Å². The van der Waals surface area contributed by atoms with Gasteiger partial charge in [0.05, 0.1) is 33.5 Å². The van der Waals surface area contributed by atoms with E-state index in [0.29, 0.717) is 12.5 Å². The molecule has 0 spiro atoms. The summed E-state index contributed by atoms with van der Waals surface area (Å²) < 4.78 is 17.3. The van der Waals surface area contributed by atoms with Crippen LogP contribution in [-0.4, -0.2) is 49.9 Å². The number of nitrogens with zero attached hydrogens (tertiary/aromatic N) is 2. The Hall–Kier alpha value is -1.95. The second kappa shape index (κ2) is 7.74. The maximum atomic E-state index is 6.09. The topological polar surface area (TPSA) is 43.8 Å². The number of likely N-dealkylation sites (tertiary alicyclic amines) is 1. The van der Waals surface area contributed by atoms with Crippen LogP contribution in [-0.2, 0) is 22.6 Å². The number of ether oxygens (including phenoxy) is 3. The average molecular weight is 354 g/mol. The summed E-state index contributed by atoms with van der Waals surface area (Å²) >= 11 is 0. The lowest BCUT2D eigenvalue weighted by atomic mass is 9.82. The molecule has 2 aliphatic rings. The normalized spacial score (nSPS) is 25.3. The SMILES string of the molecule is COc1cccc(CN2C[C@@H]3COC[C@]3(COCc3ccncc3)C2)c1. The number of hydrogen-bond acceptors (Lipinski definition) is 5. The second-order valence-corrected chi connectivity index (χ2v) is 7.44. The first-order valence-corrected chi connectivity index (χ1v) is 9.17. The van der Waals surface area contributed by atoms with E-state index in [0.717, 1.165) is 50.8 Å². The van der Waals surface area contributed by atoms with E-state index in [1.807, 2.05) is 30.6 Å². The molecule has 0 N–H and O–H groups in total. The number of benzene rings is 1. The molecule has 0 amide bonds. The highest BCUT2D eigenvalue weighted by molar-refractivity contribution is 5.28. The smallest absolute Gasteiger partial charge is 0.119 e. The van der Waals surface area contributed by atoms with Gasteiger partial charge in [0.15, 0.2) is 0 Å². The van der Waals surface area contributed by atoms with Crippen molar-refractivity contribution in [1.29, 1.82) is 0 Å². The third kappa shape index (κ3) is 3.75. The molecule has 2 fully saturated rings. The van der Waals surface area contributed by atoms with Crippen molar-refractivity contribution in [3.05, 3.63) is 59.9 Å². The molecule has 0 unspecified atom stereocenters. The summed E-state index contributed by atoms with van der Waals surface area (Å²) in [5.41, 5.74) is 2.57. The molecule has 26 heavy (non-hydrogen) atoms. The van der Waals surface area contributed by atoms with Crippen LogP contribution in [0.15, 0.2) is 48.8 Å². The molecule has 5 heteroatoms. The molecule has 0 saturated carbocycles. The third-order valence-electron chi connectivity index (χ3n) is 5.54. The highest BCUT2D eigenvalue weighted by atomic mass is 16.5. The van der Waals surface area contributed by atoms with Crippen LogP contribution in [0.4, 0.5) is 0 Å². The van der Waals surface area contributed by atoms with Crippen molar-refractivity contribution in [1.82, 2.24) is 9.88 Å². The Bertz CT molecular complexity index is 724. The van der Waals surface area contributed by atoms with Crippen LogP contribution in [0.5, 0.6) is 5.75 Å². The van der Waals surface area contributed by atoms with E-state index in [4.69, 9.17) is 14.2 Å². The Morgan fingerprint density at radius 1 is 1.23 bits per heavy atom. The van der Waals surface area contributed by atoms with Gasteiger partial charge in [-0.1, -0.05) is 12.1 Å². The van der Waals surface area contributed by atoms with Crippen molar-refractivity contribution in [3.8, 4) is 5.75 Å². The summed E-state index contributed by atoms with van der Waals surface area (Å²) in [7, 11) is 1.71. The lowest BCUT2D eigenvalue weighted by molar-refractivity contribution is 0.0182. The maximum Gasteiger partial charge on any atom is 0.119 e. The molecule has 2 aliphatic heterocycles. The van der Waals surface area contributed by atoms with Crippen molar-refractivity contribution < 1.29 is 14.2 Å². The van der Waals surface area contributed by atoms with Crippen molar-refractivity contribution in [3.63, 3.8) is 0 Å². The van der Waals surface area contributed by atoms with Gasteiger partial charge in [0, 0.05) is 43.4 Å². The summed E-state index contributed by atoms with van der Waals surface area (Å²) in [4.78, 5) is 6.58. The van der Waals surface area contributed by atoms with Crippen molar-refractivity contribution in [2.24, 2.45) is 11.3 Å². The quantitative estimate of drug-likeness (QED) is 0.765. The number of rotatable bonds is 7. The van der Waals surface area contributed by atoms with Crippen LogP contribution >= 0.6 is 0 Å². The van der Waals surface area contributed by atoms with Gasteiger partial charge in [-0.05, 0) is 35.4 Å². The van der Waals surface area contributed by atoms with Crippen LogP contribution in [0.1, 0.15) is 11.1 Å². The predicted molar refractivity (Wildman–Crippen MR) is 98.9 cm³/mol. The molecular weight excluding hydrogens is 328 g/mol. The standard InChI is InChI=1S/C21H26N2O3/c1-24-20-4-2-3-18(9-20)10-23-11-19-13-26-16-21(19,14-23)15-25-12-17-5-7-22-8-6-17/h2-9,19H,10-16H2,1H3/t19-,21-/m1/s1. The van der Waals surface area contributed by atoms with Crippen LogP contribution in [0, 0.1) is 11.3 Å². The summed E-state index contributed by atoms with van der Waals surface area (Å²) in [6, 6.07) is 12.3. The number of pyridine rings is 1. The predicted octanol–water partition coefficient (Wildman–Crippen LogP) is 2.76. The Morgan fingerprint density at radius 2 is 2.12 bits per heavy atom. The Balaban J connectivity index is 1.36. The molecular formula is C21H26N2O3. The molecule has 1 aromatic carbocycles. The first-order chi connectivity index (χ1) is 12.8. The number of methoxy groups -OCH3 is 1. The van der Waals surface area contributed by atoms with Gasteiger partial charge in [0.25, 0.3) is 0 Å². The molecule has 0 bridgehead atoms. The van der Waals surface area contributed by atoms with Gasteiger partial charge in [0.1, 0.15) is 5.75 Å². The van der Waals surface area contributed by atoms with Crippen LogP contribution in [0.25, 0.3) is 0 Å². The van der Waals surface area contributed by atoms with E-state index in [1.54, 1.807) is 7.11 Å². The van der Waals surface area contributed by atoms with Gasteiger partial charge in [-0.25, -0.2) is 0 Å². The Kier molecular flexibility index (Phi) is 5.20. The minimum Gasteiger partial charge on any atom is -0.497 e. The summed E-state index contributed by atoms with van der Waals surface area (Å²) in [6.07, 6.45) is 3.62. The lowest BCUT2D eigenvalue weighted by Crippen LogP contribution is -2.35. The number of aromatic nitrogens is 1. The van der Waals surface area contributed by atoms with Crippen molar-refractivity contribution >= 4 is 0 Å². The fourth-order valence-electron chi connectivity index (χ4n) is 4.15. The lowest BCUT2D eigenvalue weighted by Gasteiger charge is -2.27. The number of hydrogen-bond donors (Lipinski definition) is 0. The molecule has 4 rings (SSSR count). The zero-order chi connectivity index (χ0) is 17.8. The molecule has 1 aromatic heterocycles. The van der Waals surface area contributed by atoms with Crippen molar-refractivity contribution in [2.45, 2.75) is 13.2 Å². The van der Waals surface area contributed by atoms with E-state index in [-0.39, 0.29) is 5.41 Å². The summed E-state index contributed by atoms with van der Waals surface area (Å²) in [6.45, 7) is 6.04. The minimum absolute atomic E-state index is 0.117. The summed E-state index contributed by atoms with van der Waals surface area (Å²) in [5.74, 6) is 1.46. The zero-order valence-corrected chi connectivity index (χ0v) is 15.3. The average Bonchev–Trinajstić information content (AvgIpc) is 3.19. The van der Waals surface area contributed by atoms with Gasteiger partial charge in [-0.3, -0.25) is 9.88 Å². The fraction of sp³-hybridized carbons (Fsp3) is 0.476. The largest absolute Gasteiger partial charge is 0.497 e. The third-order valence-corrected chi connectivity index (χ3v) is 5.54. The van der Waals surface area contributed by atoms with E-state index in [1.165, 1.54) is 5.56 Å². The highest BCUT2D eigenvalue weighted by Crippen LogP contribution is 2.42. The Labute approximate surface area is 154 Å². The Morgan fingerprint density at radius 3 is 2.96 bits per heavy atom. The van der Waals surface area contributed by atoms with Crippen molar-refractivity contribution in [2.75, 3.05) is 40.0 Å². The van der Waals surface area contributed by atoms with Gasteiger partial charge in [-0.2, -0.15) is 0 Å². The van der Waals surface area contributed by atoms with E-state index < -0.39 is 0 Å². The molecule has 2 atom stereocenters.